The number of pyridine rings is 1. The molecule has 4 aromatic rings. The Bertz CT molecular complexity index is 1650. The monoisotopic (exact) mass is 586 g/mol. The summed E-state index contributed by atoms with van der Waals surface area (Å²) in [7, 11) is 3.04. The van der Waals surface area contributed by atoms with Gasteiger partial charge in [0.1, 0.15) is 6.54 Å². The van der Waals surface area contributed by atoms with Crippen LogP contribution >= 0.6 is 11.8 Å². The molecular weight excluding hydrogens is 556 g/mol. The molecule has 1 atom stereocenters. The number of carbonyl (C=O) groups excluding carboxylic acids is 3. The van der Waals surface area contributed by atoms with Crippen molar-refractivity contribution in [3.8, 4) is 0 Å². The lowest BCUT2D eigenvalue weighted by Gasteiger charge is -2.18. The molecule has 11 nitrogen and oxygen atoms in total. The summed E-state index contributed by atoms with van der Waals surface area (Å²) >= 11 is 1.38. The number of rotatable bonds is 10. The molecule has 2 aromatic carbocycles. The normalized spacial score (nSPS) is 11.8. The summed E-state index contributed by atoms with van der Waals surface area (Å²) in [5.41, 5.74) is 2.28. The van der Waals surface area contributed by atoms with Crippen LogP contribution in [0.1, 0.15) is 35.1 Å². The zero-order chi connectivity index (χ0) is 30.2. The molecule has 4 rings (SSSR count). The number of nitrogens with zero attached hydrogens (tertiary/aromatic N) is 4. The lowest BCUT2D eigenvalue weighted by molar-refractivity contribution is -0.137. The number of benzene rings is 2. The van der Waals surface area contributed by atoms with Crippen molar-refractivity contribution in [2.75, 3.05) is 20.6 Å². The van der Waals surface area contributed by atoms with Gasteiger partial charge in [0.15, 0.2) is 0 Å². The number of amides is 3. The zero-order valence-electron chi connectivity index (χ0n) is 23.3. The number of fused-ring (bicyclic) bond motifs is 1. The van der Waals surface area contributed by atoms with E-state index in [1.54, 1.807) is 44.5 Å². The molecule has 2 aromatic heterocycles. The van der Waals surface area contributed by atoms with Crippen molar-refractivity contribution in [2.45, 2.75) is 29.2 Å². The third-order valence-corrected chi connectivity index (χ3v) is 7.21. The van der Waals surface area contributed by atoms with E-state index in [1.165, 1.54) is 28.4 Å². The number of likely N-dealkylation sites (N-methyl/N-ethyl adjacent to an activating group) is 1. The fourth-order valence-corrected chi connectivity index (χ4v) is 5.15. The van der Waals surface area contributed by atoms with Gasteiger partial charge < -0.3 is 20.6 Å². The third-order valence-electron chi connectivity index (χ3n) is 6.14. The van der Waals surface area contributed by atoms with Crippen molar-refractivity contribution in [2.24, 2.45) is 0 Å². The Labute approximate surface area is 246 Å². The summed E-state index contributed by atoms with van der Waals surface area (Å²) in [4.78, 5) is 56.4. The third kappa shape index (κ3) is 7.40. The van der Waals surface area contributed by atoms with E-state index in [2.05, 4.69) is 20.7 Å². The van der Waals surface area contributed by atoms with E-state index >= 15 is 0 Å². The van der Waals surface area contributed by atoms with Gasteiger partial charge in [0.2, 0.25) is 5.91 Å². The molecule has 42 heavy (non-hydrogen) atoms. The number of nitrogens with one attached hydrogen (secondary N) is 2. The first-order valence-electron chi connectivity index (χ1n) is 13.0. The Morgan fingerprint density at radius 1 is 1.07 bits per heavy atom. The first kappa shape index (κ1) is 30.0. The van der Waals surface area contributed by atoms with Gasteiger partial charge in [0.05, 0.1) is 28.9 Å². The van der Waals surface area contributed by atoms with E-state index in [4.69, 9.17) is 5.11 Å². The molecule has 0 fully saturated rings. The molecule has 0 radical (unpaired) electrons. The highest BCUT2D eigenvalue weighted by Crippen LogP contribution is 2.33. The van der Waals surface area contributed by atoms with Crippen molar-refractivity contribution in [1.82, 2.24) is 30.3 Å². The van der Waals surface area contributed by atoms with Crippen LogP contribution in [-0.4, -0.2) is 75.3 Å². The minimum atomic E-state index is -1.03. The van der Waals surface area contributed by atoms with Crippen LogP contribution in [0.4, 0.5) is 4.79 Å². The molecule has 0 unspecified atom stereocenters. The lowest BCUT2D eigenvalue weighted by Crippen LogP contribution is -2.43. The number of hydrogen-bond donors (Lipinski definition) is 3. The maximum absolute atomic E-state index is 13.6. The van der Waals surface area contributed by atoms with E-state index < -0.39 is 23.9 Å². The highest BCUT2D eigenvalue weighted by atomic mass is 32.2. The zero-order valence-corrected chi connectivity index (χ0v) is 24.1. The second-order valence-electron chi connectivity index (χ2n) is 9.45. The minimum Gasteiger partial charge on any atom is -0.481 e. The number of aliphatic carboxylic acids is 1. The molecule has 2 heterocycles. The van der Waals surface area contributed by atoms with Gasteiger partial charge >= 0.3 is 12.0 Å². The summed E-state index contributed by atoms with van der Waals surface area (Å²) in [6.07, 6.45) is 5.00. The van der Waals surface area contributed by atoms with Gasteiger partial charge in [-0.3, -0.25) is 19.4 Å². The molecule has 0 saturated heterocycles. The van der Waals surface area contributed by atoms with Gasteiger partial charge in [0.25, 0.3) is 5.91 Å². The molecule has 0 bridgehead atoms. The van der Waals surface area contributed by atoms with Gasteiger partial charge in [-0.05, 0) is 61.5 Å². The Balaban J connectivity index is 1.68. The molecule has 0 saturated carbocycles. The van der Waals surface area contributed by atoms with Gasteiger partial charge in [-0.2, -0.15) is 9.78 Å². The second kappa shape index (κ2) is 13.6. The largest absolute Gasteiger partial charge is 0.481 e. The minimum absolute atomic E-state index is 0.209. The lowest BCUT2D eigenvalue weighted by atomic mass is 10.2. The predicted octanol–water partition coefficient (Wildman–Crippen LogP) is 3.99. The molecule has 0 aliphatic heterocycles. The van der Waals surface area contributed by atoms with Crippen LogP contribution < -0.4 is 10.6 Å². The smallest absolute Gasteiger partial charge is 0.345 e. The molecule has 216 valence electrons. The van der Waals surface area contributed by atoms with Crippen LogP contribution in [0.2, 0.25) is 0 Å². The maximum Gasteiger partial charge on any atom is 0.345 e. The van der Waals surface area contributed by atoms with Crippen LogP contribution in [0.3, 0.4) is 0 Å². The van der Waals surface area contributed by atoms with Gasteiger partial charge in [-0.1, -0.05) is 30.0 Å². The fourth-order valence-electron chi connectivity index (χ4n) is 4.17. The van der Waals surface area contributed by atoms with Crippen molar-refractivity contribution in [1.29, 1.82) is 0 Å². The van der Waals surface area contributed by atoms with Crippen molar-refractivity contribution in [3.63, 3.8) is 0 Å². The SMILES string of the molecule is CNC(=O)c1ccccc1Sc1ccc2c(/C=C/c3ccccn3)nn(C(=O)N(C)CC(=O)N[C@@H](C)CC(=O)O)c2c1. The molecular formula is C30H30N6O5S. The van der Waals surface area contributed by atoms with E-state index in [0.29, 0.717) is 27.9 Å². The first-order chi connectivity index (χ1) is 20.2. The molecule has 0 aliphatic rings. The Morgan fingerprint density at radius 2 is 1.83 bits per heavy atom. The summed E-state index contributed by atoms with van der Waals surface area (Å²) in [5, 5.41) is 19.5. The fraction of sp³-hybridized carbons (Fsp3) is 0.200. The number of carboxylic acids is 1. The van der Waals surface area contributed by atoms with Crippen molar-refractivity contribution < 1.29 is 24.3 Å². The molecule has 0 aliphatic carbocycles. The predicted molar refractivity (Wildman–Crippen MR) is 160 cm³/mol. The van der Waals surface area contributed by atoms with Gasteiger partial charge in [0, 0.05) is 41.5 Å². The van der Waals surface area contributed by atoms with E-state index in [1.807, 2.05) is 48.5 Å². The standard InChI is InChI=1S/C30H30N6O5S/c1-19(16-28(38)39)33-27(37)18-35(3)30(41)36-25-17-21(42-26-10-5-4-9-23(26)29(40)31-2)12-13-22(25)24(34-36)14-11-20-8-6-7-15-32-20/h4-15,17,19H,16,18H2,1-3H3,(H,31,40)(H,33,37)(H,38,39)/b14-11+/t19-/m0/s1. The topological polar surface area (TPSA) is 147 Å². The Hall–Kier alpha value is -4.97. The molecule has 0 spiro atoms. The Morgan fingerprint density at radius 3 is 2.55 bits per heavy atom. The quantitative estimate of drug-likeness (QED) is 0.253. The number of carboxylic acid groups (broad SMARTS) is 1. The molecule has 3 amide bonds. The average molecular weight is 587 g/mol. The van der Waals surface area contributed by atoms with Crippen molar-refractivity contribution in [3.05, 3.63) is 83.8 Å². The molecule has 3 N–H and O–H groups in total. The average Bonchev–Trinajstić information content (AvgIpc) is 3.33. The Kier molecular flexibility index (Phi) is 9.71. The number of aromatic nitrogens is 3. The van der Waals surface area contributed by atoms with Crippen LogP contribution in [0.5, 0.6) is 0 Å². The van der Waals surface area contributed by atoms with E-state index in [9.17, 15) is 19.2 Å². The van der Waals surface area contributed by atoms with E-state index in [-0.39, 0.29) is 18.9 Å². The summed E-state index contributed by atoms with van der Waals surface area (Å²) < 4.78 is 1.23. The van der Waals surface area contributed by atoms with Crippen molar-refractivity contribution >= 4 is 58.6 Å². The van der Waals surface area contributed by atoms with Crippen LogP contribution in [0.25, 0.3) is 23.1 Å². The van der Waals surface area contributed by atoms with Gasteiger partial charge in [-0.25, -0.2) is 4.79 Å². The summed E-state index contributed by atoms with van der Waals surface area (Å²) in [6.45, 7) is 1.29. The summed E-state index contributed by atoms with van der Waals surface area (Å²) in [6, 6.07) is 17.2. The van der Waals surface area contributed by atoms with Crippen LogP contribution in [-0.2, 0) is 9.59 Å². The van der Waals surface area contributed by atoms with Crippen LogP contribution in [0.15, 0.2) is 76.7 Å². The van der Waals surface area contributed by atoms with E-state index in [0.717, 1.165) is 9.79 Å². The maximum atomic E-state index is 13.6. The number of carbonyl (C=O) groups is 4. The summed E-state index contributed by atoms with van der Waals surface area (Å²) in [5.74, 6) is -1.74. The highest BCUT2D eigenvalue weighted by molar-refractivity contribution is 7.99. The highest BCUT2D eigenvalue weighted by Gasteiger charge is 2.22. The first-order valence-corrected chi connectivity index (χ1v) is 13.9. The second-order valence-corrected chi connectivity index (χ2v) is 10.6. The van der Waals surface area contributed by atoms with Gasteiger partial charge in [-0.15, -0.1) is 0 Å². The molecule has 12 heteroatoms. The van der Waals surface area contributed by atoms with Crippen LogP contribution in [0, 0.1) is 0 Å². The number of hydrogen-bond acceptors (Lipinski definition) is 7.